The van der Waals surface area contributed by atoms with E-state index < -0.39 is 0 Å². The molecule has 2 heterocycles. The third kappa shape index (κ3) is 2.30. The Balaban J connectivity index is 1.47. The quantitative estimate of drug-likeness (QED) is 0.596. The molecular weight excluding hydrogens is 281 g/mol. The largest absolute Gasteiger partial charge is 0.424 e. The first-order chi connectivity index (χ1) is 10.8. The highest BCUT2D eigenvalue weighted by molar-refractivity contribution is 5.83. The molecule has 0 amide bonds. The Hall–Kier alpha value is -2.82. The van der Waals surface area contributed by atoms with Gasteiger partial charge in [0.05, 0.1) is 0 Å². The Morgan fingerprint density at radius 1 is 1.18 bits per heavy atom. The Labute approximate surface area is 126 Å². The van der Waals surface area contributed by atoms with Gasteiger partial charge in [0.25, 0.3) is 6.01 Å². The zero-order chi connectivity index (χ0) is 14.9. The van der Waals surface area contributed by atoms with Gasteiger partial charge in [-0.1, -0.05) is 12.1 Å². The minimum atomic E-state index is -0.231. The van der Waals surface area contributed by atoms with Crippen LogP contribution in [0.3, 0.4) is 0 Å². The highest BCUT2D eigenvalue weighted by Crippen LogP contribution is 2.21. The first kappa shape index (κ1) is 12.9. The predicted molar refractivity (Wildman–Crippen MR) is 84.5 cm³/mol. The van der Waals surface area contributed by atoms with Crippen molar-refractivity contribution < 1.29 is 8.81 Å². The van der Waals surface area contributed by atoms with Crippen LogP contribution in [0.15, 0.2) is 53.1 Å². The van der Waals surface area contributed by atoms with E-state index in [9.17, 15) is 4.39 Å². The van der Waals surface area contributed by atoms with E-state index in [4.69, 9.17) is 4.42 Å². The molecule has 2 N–H and O–H groups in total. The molecule has 0 unspecified atom stereocenters. The summed E-state index contributed by atoms with van der Waals surface area (Å²) in [7, 11) is 0. The molecule has 0 saturated heterocycles. The van der Waals surface area contributed by atoms with Crippen molar-refractivity contribution in [3.05, 3.63) is 60.0 Å². The van der Waals surface area contributed by atoms with E-state index in [1.165, 1.54) is 12.1 Å². The standard InChI is InChI=1S/C17H14FN3O/c18-12-5-6-13-11(10-20-15(13)9-12)7-8-19-17-21-14-3-1-2-4-16(14)22-17/h1-6,9-10,20H,7-8H2,(H,19,21). The summed E-state index contributed by atoms with van der Waals surface area (Å²) in [6.07, 6.45) is 2.71. The number of H-pyrrole nitrogens is 1. The van der Waals surface area contributed by atoms with Crippen LogP contribution in [-0.2, 0) is 6.42 Å². The average molecular weight is 295 g/mol. The number of nitrogens with zero attached hydrogens (tertiary/aromatic N) is 1. The van der Waals surface area contributed by atoms with Gasteiger partial charge in [-0.3, -0.25) is 0 Å². The molecule has 110 valence electrons. The summed E-state index contributed by atoms with van der Waals surface area (Å²) in [5.41, 5.74) is 3.57. The lowest BCUT2D eigenvalue weighted by atomic mass is 10.1. The van der Waals surface area contributed by atoms with E-state index in [0.717, 1.165) is 34.0 Å². The molecular formula is C17H14FN3O. The van der Waals surface area contributed by atoms with Crippen molar-refractivity contribution >= 4 is 28.0 Å². The number of hydrogen-bond donors (Lipinski definition) is 2. The van der Waals surface area contributed by atoms with Crippen molar-refractivity contribution in [1.82, 2.24) is 9.97 Å². The van der Waals surface area contributed by atoms with Crippen molar-refractivity contribution in [2.75, 3.05) is 11.9 Å². The summed E-state index contributed by atoms with van der Waals surface area (Å²) in [6, 6.07) is 13.0. The second-order valence-corrected chi connectivity index (χ2v) is 5.17. The van der Waals surface area contributed by atoms with Crippen LogP contribution < -0.4 is 5.32 Å². The fraction of sp³-hybridized carbons (Fsp3) is 0.118. The van der Waals surface area contributed by atoms with E-state index >= 15 is 0 Å². The number of nitrogens with one attached hydrogen (secondary N) is 2. The molecule has 0 bridgehead atoms. The van der Waals surface area contributed by atoms with Crippen LogP contribution in [-0.4, -0.2) is 16.5 Å². The number of aromatic nitrogens is 2. The number of rotatable bonds is 4. The second-order valence-electron chi connectivity index (χ2n) is 5.17. The molecule has 0 radical (unpaired) electrons. The molecule has 0 aliphatic carbocycles. The Morgan fingerprint density at radius 3 is 3.00 bits per heavy atom. The number of hydrogen-bond acceptors (Lipinski definition) is 3. The molecule has 2 aromatic carbocycles. The molecule has 0 spiro atoms. The third-order valence-corrected chi connectivity index (χ3v) is 3.69. The van der Waals surface area contributed by atoms with Crippen LogP contribution in [0.5, 0.6) is 0 Å². The SMILES string of the molecule is Fc1ccc2c(CCNc3nc4ccccc4o3)c[nH]c2c1. The summed E-state index contributed by atoms with van der Waals surface area (Å²) < 4.78 is 18.8. The van der Waals surface area contributed by atoms with Gasteiger partial charge in [-0.2, -0.15) is 4.98 Å². The van der Waals surface area contributed by atoms with Crippen molar-refractivity contribution in [3.63, 3.8) is 0 Å². The van der Waals surface area contributed by atoms with Crippen LogP contribution in [0.4, 0.5) is 10.4 Å². The molecule has 4 nitrogen and oxygen atoms in total. The van der Waals surface area contributed by atoms with Gasteiger partial charge in [0.2, 0.25) is 0 Å². The van der Waals surface area contributed by atoms with Gasteiger partial charge in [-0.05, 0) is 42.3 Å². The van der Waals surface area contributed by atoms with Gasteiger partial charge in [-0.15, -0.1) is 0 Å². The van der Waals surface area contributed by atoms with E-state index in [2.05, 4.69) is 15.3 Å². The van der Waals surface area contributed by atoms with Crippen molar-refractivity contribution in [1.29, 1.82) is 0 Å². The lowest BCUT2D eigenvalue weighted by Gasteiger charge is -2.01. The fourth-order valence-corrected chi connectivity index (χ4v) is 2.62. The number of anilines is 1. The molecule has 5 heteroatoms. The molecule has 0 aliphatic rings. The van der Waals surface area contributed by atoms with E-state index in [1.54, 1.807) is 6.07 Å². The first-order valence-electron chi connectivity index (χ1n) is 7.14. The number of aromatic amines is 1. The molecule has 0 fully saturated rings. The summed E-state index contributed by atoms with van der Waals surface area (Å²) in [4.78, 5) is 7.46. The normalized spacial score (nSPS) is 11.3. The minimum absolute atomic E-state index is 0.231. The van der Waals surface area contributed by atoms with Gasteiger partial charge in [-0.25, -0.2) is 4.39 Å². The maximum atomic E-state index is 13.2. The van der Waals surface area contributed by atoms with Gasteiger partial charge in [0, 0.05) is 23.6 Å². The van der Waals surface area contributed by atoms with Crippen molar-refractivity contribution in [3.8, 4) is 0 Å². The van der Waals surface area contributed by atoms with Crippen LogP contribution in [0.25, 0.3) is 22.0 Å². The Kier molecular flexibility index (Phi) is 3.04. The fourth-order valence-electron chi connectivity index (χ4n) is 2.62. The van der Waals surface area contributed by atoms with E-state index in [1.807, 2.05) is 30.5 Å². The first-order valence-corrected chi connectivity index (χ1v) is 7.14. The smallest absolute Gasteiger partial charge is 0.295 e. The highest BCUT2D eigenvalue weighted by atomic mass is 19.1. The van der Waals surface area contributed by atoms with Crippen LogP contribution >= 0.6 is 0 Å². The van der Waals surface area contributed by atoms with E-state index in [-0.39, 0.29) is 5.82 Å². The van der Waals surface area contributed by atoms with Crippen molar-refractivity contribution in [2.45, 2.75) is 6.42 Å². The topological polar surface area (TPSA) is 53.9 Å². The Morgan fingerprint density at radius 2 is 2.09 bits per heavy atom. The number of oxazole rings is 1. The van der Waals surface area contributed by atoms with Gasteiger partial charge in [0.1, 0.15) is 11.3 Å². The van der Waals surface area contributed by atoms with E-state index in [0.29, 0.717) is 12.6 Å². The minimum Gasteiger partial charge on any atom is -0.424 e. The number of fused-ring (bicyclic) bond motifs is 2. The average Bonchev–Trinajstić information content (AvgIpc) is 3.10. The maximum Gasteiger partial charge on any atom is 0.295 e. The van der Waals surface area contributed by atoms with Crippen LogP contribution in [0, 0.1) is 5.82 Å². The zero-order valence-corrected chi connectivity index (χ0v) is 11.8. The molecule has 0 aliphatic heterocycles. The molecule has 4 rings (SSSR count). The highest BCUT2D eigenvalue weighted by Gasteiger charge is 2.07. The van der Waals surface area contributed by atoms with Crippen molar-refractivity contribution in [2.24, 2.45) is 0 Å². The summed E-state index contributed by atoms with van der Waals surface area (Å²) in [5, 5.41) is 4.23. The van der Waals surface area contributed by atoms with Crippen LogP contribution in [0.2, 0.25) is 0 Å². The molecule has 0 atom stereocenters. The molecule has 22 heavy (non-hydrogen) atoms. The zero-order valence-electron chi connectivity index (χ0n) is 11.8. The summed E-state index contributed by atoms with van der Waals surface area (Å²) >= 11 is 0. The molecule has 4 aromatic rings. The number of benzene rings is 2. The molecule has 2 aromatic heterocycles. The van der Waals surface area contributed by atoms with Gasteiger partial charge in [0.15, 0.2) is 5.58 Å². The predicted octanol–water partition coefficient (Wildman–Crippen LogP) is 4.10. The lowest BCUT2D eigenvalue weighted by Crippen LogP contribution is -2.04. The Bertz CT molecular complexity index is 908. The number of para-hydroxylation sites is 2. The second kappa shape index (κ2) is 5.18. The maximum absolute atomic E-state index is 13.2. The number of halogens is 1. The van der Waals surface area contributed by atoms with Gasteiger partial charge < -0.3 is 14.7 Å². The molecule has 0 saturated carbocycles. The third-order valence-electron chi connectivity index (χ3n) is 3.69. The summed E-state index contributed by atoms with van der Waals surface area (Å²) in [5.74, 6) is -0.231. The summed E-state index contributed by atoms with van der Waals surface area (Å²) in [6.45, 7) is 0.692. The van der Waals surface area contributed by atoms with Gasteiger partial charge >= 0.3 is 0 Å². The monoisotopic (exact) mass is 295 g/mol. The van der Waals surface area contributed by atoms with Crippen LogP contribution in [0.1, 0.15) is 5.56 Å². The lowest BCUT2D eigenvalue weighted by molar-refractivity contribution is 0.614.